The van der Waals surface area contributed by atoms with E-state index in [0.717, 1.165) is 11.3 Å². The third kappa shape index (κ3) is 2.86. The highest BCUT2D eigenvalue weighted by molar-refractivity contribution is 5.91. The summed E-state index contributed by atoms with van der Waals surface area (Å²) in [7, 11) is 0. The molecule has 128 valence electrons. The number of nitrogens with zero attached hydrogens (tertiary/aromatic N) is 4. The molecule has 0 aliphatic heterocycles. The van der Waals surface area contributed by atoms with Gasteiger partial charge in [0.25, 0.3) is 0 Å². The number of hydrogen-bond donors (Lipinski definition) is 2. The van der Waals surface area contributed by atoms with Crippen LogP contribution in [0.3, 0.4) is 0 Å². The van der Waals surface area contributed by atoms with Crippen LogP contribution in [-0.4, -0.2) is 25.7 Å². The first-order valence-corrected chi connectivity index (χ1v) is 8.09. The predicted octanol–water partition coefficient (Wildman–Crippen LogP) is 2.45. The van der Waals surface area contributed by atoms with Crippen LogP contribution >= 0.6 is 0 Å². The van der Waals surface area contributed by atoms with Gasteiger partial charge in [-0.2, -0.15) is 5.10 Å². The Hall–Kier alpha value is -3.74. The van der Waals surface area contributed by atoms with E-state index in [1.165, 1.54) is 6.33 Å². The molecule has 3 N–H and O–H groups in total. The Bertz CT molecular complexity index is 1050. The molecule has 7 nitrogen and oxygen atoms in total. The summed E-state index contributed by atoms with van der Waals surface area (Å²) in [6, 6.07) is 18.3. The summed E-state index contributed by atoms with van der Waals surface area (Å²) in [4.78, 5) is 20.6. The monoisotopic (exact) mass is 344 g/mol. The summed E-state index contributed by atoms with van der Waals surface area (Å²) < 4.78 is 1.73. The molecule has 0 bridgehead atoms. The zero-order valence-electron chi connectivity index (χ0n) is 13.8. The maximum atomic E-state index is 12.0. The number of hydrogen-bond acceptors (Lipinski definition) is 5. The minimum atomic E-state index is -0.700. The quantitative estimate of drug-likeness (QED) is 0.579. The van der Waals surface area contributed by atoms with E-state index in [4.69, 9.17) is 5.73 Å². The summed E-state index contributed by atoms with van der Waals surface area (Å²) in [5, 5.41) is 8.24. The Labute approximate surface area is 149 Å². The highest BCUT2D eigenvalue weighted by Crippen LogP contribution is 2.25. The number of carbonyl (C=O) groups is 1. The molecule has 4 aromatic rings. The van der Waals surface area contributed by atoms with Crippen LogP contribution in [0.15, 0.2) is 73.2 Å². The van der Waals surface area contributed by atoms with Crippen molar-refractivity contribution in [3.63, 3.8) is 0 Å². The second kappa shape index (κ2) is 6.64. The average Bonchev–Trinajstić information content (AvgIpc) is 3.12. The van der Waals surface area contributed by atoms with Crippen molar-refractivity contribution < 1.29 is 4.79 Å². The molecule has 0 spiro atoms. The Morgan fingerprint density at radius 2 is 1.69 bits per heavy atom. The van der Waals surface area contributed by atoms with Crippen LogP contribution < -0.4 is 11.1 Å². The molecule has 1 amide bonds. The SMILES string of the molecule is NC(=O)[C@H](Nc1ncnc2c1cnn2-c1ccccc1)c1ccccc1. The van der Waals surface area contributed by atoms with Crippen LogP contribution in [0.1, 0.15) is 11.6 Å². The topological polar surface area (TPSA) is 98.7 Å². The van der Waals surface area contributed by atoms with Gasteiger partial charge in [0, 0.05) is 0 Å². The first-order chi connectivity index (χ1) is 12.7. The highest BCUT2D eigenvalue weighted by atomic mass is 16.1. The highest BCUT2D eigenvalue weighted by Gasteiger charge is 2.20. The lowest BCUT2D eigenvalue weighted by Crippen LogP contribution is -2.28. The Morgan fingerprint density at radius 1 is 1.00 bits per heavy atom. The van der Waals surface area contributed by atoms with Crippen LogP contribution in [0, 0.1) is 0 Å². The van der Waals surface area contributed by atoms with E-state index in [2.05, 4.69) is 20.4 Å². The maximum Gasteiger partial charge on any atom is 0.244 e. The smallest absolute Gasteiger partial charge is 0.244 e. The zero-order chi connectivity index (χ0) is 17.9. The number of nitrogens with one attached hydrogen (secondary N) is 1. The molecule has 0 aliphatic rings. The molecular weight excluding hydrogens is 328 g/mol. The lowest BCUT2D eigenvalue weighted by Gasteiger charge is -2.16. The summed E-state index contributed by atoms with van der Waals surface area (Å²) in [6.45, 7) is 0. The van der Waals surface area contributed by atoms with Gasteiger partial charge in [0.15, 0.2) is 5.65 Å². The molecule has 7 heteroatoms. The van der Waals surface area contributed by atoms with Gasteiger partial charge in [-0.25, -0.2) is 14.6 Å². The molecule has 2 heterocycles. The molecule has 2 aromatic heterocycles. The van der Waals surface area contributed by atoms with Crippen molar-refractivity contribution in [2.24, 2.45) is 5.73 Å². The van der Waals surface area contributed by atoms with Crippen LogP contribution in [0.4, 0.5) is 5.82 Å². The molecule has 0 aliphatic carbocycles. The molecule has 0 saturated heterocycles. The molecule has 0 unspecified atom stereocenters. The Balaban J connectivity index is 1.75. The van der Waals surface area contributed by atoms with Crippen molar-refractivity contribution in [3.05, 3.63) is 78.8 Å². The van der Waals surface area contributed by atoms with Gasteiger partial charge < -0.3 is 11.1 Å². The van der Waals surface area contributed by atoms with Gasteiger partial charge in [-0.05, 0) is 17.7 Å². The van der Waals surface area contributed by atoms with Crippen molar-refractivity contribution in [3.8, 4) is 5.69 Å². The van der Waals surface area contributed by atoms with Crippen LogP contribution in [0.5, 0.6) is 0 Å². The number of para-hydroxylation sites is 1. The molecular formula is C19H16N6O. The lowest BCUT2D eigenvalue weighted by molar-refractivity contribution is -0.118. The second-order valence-electron chi connectivity index (χ2n) is 5.74. The van der Waals surface area contributed by atoms with Crippen LogP contribution in [0.2, 0.25) is 0 Å². The molecule has 0 radical (unpaired) electrons. The van der Waals surface area contributed by atoms with Gasteiger partial charge in [-0.3, -0.25) is 4.79 Å². The summed E-state index contributed by atoms with van der Waals surface area (Å²) in [6.07, 6.45) is 3.11. The van der Waals surface area contributed by atoms with Gasteiger partial charge in [0.05, 0.1) is 17.3 Å². The predicted molar refractivity (Wildman–Crippen MR) is 98.7 cm³/mol. The average molecular weight is 344 g/mol. The van der Waals surface area contributed by atoms with Gasteiger partial charge >= 0.3 is 0 Å². The van der Waals surface area contributed by atoms with Gasteiger partial charge in [-0.15, -0.1) is 0 Å². The minimum Gasteiger partial charge on any atom is -0.368 e. The van der Waals surface area contributed by atoms with Gasteiger partial charge in [0.2, 0.25) is 5.91 Å². The van der Waals surface area contributed by atoms with E-state index in [1.807, 2.05) is 60.7 Å². The molecule has 2 aromatic carbocycles. The fourth-order valence-electron chi connectivity index (χ4n) is 2.82. The first kappa shape index (κ1) is 15.8. The first-order valence-electron chi connectivity index (χ1n) is 8.09. The number of nitrogens with two attached hydrogens (primary N) is 1. The van der Waals surface area contributed by atoms with Crippen molar-refractivity contribution in [1.82, 2.24) is 19.7 Å². The standard InChI is InChI=1S/C19H16N6O/c20-17(26)16(13-7-3-1-4-8-13)24-18-15-11-23-25(19(15)22-12-21-18)14-9-5-2-6-10-14/h1-12,16H,(H2,20,26)(H,21,22,24)/t16-/m1/s1. The van der Waals surface area contributed by atoms with Crippen molar-refractivity contribution >= 4 is 22.8 Å². The summed E-state index contributed by atoms with van der Waals surface area (Å²) in [5.41, 5.74) is 7.89. The van der Waals surface area contributed by atoms with E-state index in [1.54, 1.807) is 10.9 Å². The molecule has 1 atom stereocenters. The van der Waals surface area contributed by atoms with E-state index in [0.29, 0.717) is 16.9 Å². The number of carbonyl (C=O) groups excluding carboxylic acids is 1. The summed E-state index contributed by atoms with van der Waals surface area (Å²) >= 11 is 0. The van der Waals surface area contributed by atoms with Crippen molar-refractivity contribution in [2.45, 2.75) is 6.04 Å². The van der Waals surface area contributed by atoms with Gasteiger partial charge in [0.1, 0.15) is 18.2 Å². The van der Waals surface area contributed by atoms with E-state index >= 15 is 0 Å². The third-order valence-electron chi connectivity index (χ3n) is 4.07. The fourth-order valence-corrected chi connectivity index (χ4v) is 2.82. The fraction of sp³-hybridized carbons (Fsp3) is 0.0526. The largest absolute Gasteiger partial charge is 0.368 e. The number of benzene rings is 2. The van der Waals surface area contributed by atoms with Crippen LogP contribution in [-0.2, 0) is 4.79 Å². The number of primary amides is 1. The molecule has 0 fully saturated rings. The molecule has 0 saturated carbocycles. The zero-order valence-corrected chi connectivity index (χ0v) is 13.8. The third-order valence-corrected chi connectivity index (χ3v) is 4.07. The summed E-state index contributed by atoms with van der Waals surface area (Å²) in [5.74, 6) is 0.0169. The number of amides is 1. The number of aromatic nitrogens is 4. The number of fused-ring (bicyclic) bond motifs is 1. The van der Waals surface area contributed by atoms with Crippen LogP contribution in [0.25, 0.3) is 16.7 Å². The van der Waals surface area contributed by atoms with Crippen molar-refractivity contribution in [1.29, 1.82) is 0 Å². The number of rotatable bonds is 5. The molecule has 4 rings (SSSR count). The Kier molecular flexibility index (Phi) is 4.03. The van der Waals surface area contributed by atoms with E-state index < -0.39 is 11.9 Å². The van der Waals surface area contributed by atoms with E-state index in [-0.39, 0.29) is 0 Å². The Morgan fingerprint density at radius 3 is 2.38 bits per heavy atom. The normalized spacial score (nSPS) is 12.0. The number of anilines is 1. The second-order valence-corrected chi connectivity index (χ2v) is 5.74. The maximum absolute atomic E-state index is 12.0. The van der Waals surface area contributed by atoms with Gasteiger partial charge in [-0.1, -0.05) is 48.5 Å². The lowest BCUT2D eigenvalue weighted by atomic mass is 10.1. The molecule has 26 heavy (non-hydrogen) atoms. The minimum absolute atomic E-state index is 0.488. The van der Waals surface area contributed by atoms with E-state index in [9.17, 15) is 4.79 Å². The van der Waals surface area contributed by atoms with Crippen molar-refractivity contribution in [2.75, 3.05) is 5.32 Å².